The highest BCUT2D eigenvalue weighted by atomic mass is 32.2. The van der Waals surface area contributed by atoms with E-state index in [1.807, 2.05) is 36.4 Å². The van der Waals surface area contributed by atoms with Crippen molar-refractivity contribution >= 4 is 15.8 Å². The number of nitrogens with zero attached hydrogens (tertiary/aromatic N) is 1. The van der Waals surface area contributed by atoms with E-state index >= 15 is 0 Å². The Balaban J connectivity index is 1.93. The molecular formula is C19H25N3O3S. The minimum Gasteiger partial charge on any atom is -0.497 e. The van der Waals surface area contributed by atoms with Crippen LogP contribution in [0.4, 0.5) is 0 Å². The van der Waals surface area contributed by atoms with Crippen molar-refractivity contribution in [2.24, 2.45) is 4.99 Å². The van der Waals surface area contributed by atoms with Crippen LogP contribution in [0.2, 0.25) is 0 Å². The minimum absolute atomic E-state index is 0.364. The Morgan fingerprint density at radius 2 is 1.62 bits per heavy atom. The molecule has 2 N–H and O–H groups in total. The second-order valence-corrected chi connectivity index (χ2v) is 7.98. The number of nitrogens with one attached hydrogen (secondary N) is 2. The van der Waals surface area contributed by atoms with Crippen LogP contribution in [0.15, 0.2) is 52.4 Å². The minimum atomic E-state index is -3.20. The second-order valence-electron chi connectivity index (χ2n) is 6.00. The molecule has 0 aliphatic carbocycles. The average molecular weight is 375 g/mol. The molecule has 0 heterocycles. The first-order valence-electron chi connectivity index (χ1n) is 8.20. The molecule has 2 rings (SSSR count). The zero-order chi connectivity index (χ0) is 19.2. The monoisotopic (exact) mass is 375 g/mol. The number of rotatable bonds is 6. The van der Waals surface area contributed by atoms with E-state index in [0.29, 0.717) is 23.9 Å². The van der Waals surface area contributed by atoms with E-state index < -0.39 is 9.84 Å². The van der Waals surface area contributed by atoms with Crippen LogP contribution in [0.1, 0.15) is 16.7 Å². The van der Waals surface area contributed by atoms with Crippen molar-refractivity contribution in [3.8, 4) is 5.75 Å². The van der Waals surface area contributed by atoms with Crippen molar-refractivity contribution < 1.29 is 13.2 Å². The Morgan fingerprint density at radius 1 is 1.04 bits per heavy atom. The molecule has 0 radical (unpaired) electrons. The molecule has 0 aliphatic rings. The van der Waals surface area contributed by atoms with E-state index in [4.69, 9.17) is 4.74 Å². The van der Waals surface area contributed by atoms with Crippen molar-refractivity contribution in [2.45, 2.75) is 24.9 Å². The van der Waals surface area contributed by atoms with Gasteiger partial charge in [-0.2, -0.15) is 0 Å². The number of ether oxygens (including phenoxy) is 1. The standard InChI is InChI=1S/C19H25N3O3S/c1-14-11-16(7-10-18(14)26(4,23)24)13-22-19(20-2)21-12-15-5-8-17(25-3)9-6-15/h5-11H,12-13H2,1-4H3,(H2,20,21,22). The molecule has 0 aromatic heterocycles. The fourth-order valence-corrected chi connectivity index (χ4v) is 3.53. The SMILES string of the molecule is CN=C(NCc1ccc(OC)cc1)NCc1ccc(S(C)(=O)=O)c(C)c1. The number of aryl methyl sites for hydroxylation is 1. The smallest absolute Gasteiger partial charge is 0.191 e. The van der Waals surface area contributed by atoms with Gasteiger partial charge in [0.15, 0.2) is 15.8 Å². The summed E-state index contributed by atoms with van der Waals surface area (Å²) in [5.74, 6) is 1.50. The number of hydrogen-bond donors (Lipinski definition) is 2. The van der Waals surface area contributed by atoms with Gasteiger partial charge in [0.1, 0.15) is 5.75 Å². The molecule has 0 amide bonds. The lowest BCUT2D eigenvalue weighted by Crippen LogP contribution is -2.36. The van der Waals surface area contributed by atoms with Crippen molar-refractivity contribution in [2.75, 3.05) is 20.4 Å². The third-order valence-electron chi connectivity index (χ3n) is 3.94. The summed E-state index contributed by atoms with van der Waals surface area (Å²) in [4.78, 5) is 4.57. The molecule has 7 heteroatoms. The zero-order valence-electron chi connectivity index (χ0n) is 15.5. The largest absolute Gasteiger partial charge is 0.497 e. The average Bonchev–Trinajstić information content (AvgIpc) is 2.61. The summed E-state index contributed by atoms with van der Waals surface area (Å²) in [6.07, 6.45) is 1.22. The topological polar surface area (TPSA) is 79.8 Å². The van der Waals surface area contributed by atoms with Crippen LogP contribution >= 0.6 is 0 Å². The van der Waals surface area contributed by atoms with Crippen molar-refractivity contribution in [1.29, 1.82) is 0 Å². The van der Waals surface area contributed by atoms with Gasteiger partial charge in [-0.1, -0.05) is 24.3 Å². The van der Waals surface area contributed by atoms with Crippen LogP contribution in [-0.2, 0) is 22.9 Å². The lowest BCUT2D eigenvalue weighted by atomic mass is 10.1. The van der Waals surface area contributed by atoms with E-state index in [-0.39, 0.29) is 0 Å². The number of hydrogen-bond acceptors (Lipinski definition) is 4. The Hall–Kier alpha value is -2.54. The third kappa shape index (κ3) is 5.49. The van der Waals surface area contributed by atoms with Gasteiger partial charge in [-0.25, -0.2) is 8.42 Å². The molecule has 26 heavy (non-hydrogen) atoms. The van der Waals surface area contributed by atoms with Crippen LogP contribution in [0, 0.1) is 6.92 Å². The molecule has 140 valence electrons. The summed E-state index contributed by atoms with van der Waals surface area (Å²) in [6.45, 7) is 2.99. The van der Waals surface area contributed by atoms with Crippen LogP contribution in [0.5, 0.6) is 5.75 Å². The molecule has 0 spiro atoms. The van der Waals surface area contributed by atoms with Gasteiger partial charge in [0.05, 0.1) is 12.0 Å². The first-order chi connectivity index (χ1) is 12.3. The molecule has 2 aromatic rings. The summed E-state index contributed by atoms with van der Waals surface area (Å²) < 4.78 is 28.5. The highest BCUT2D eigenvalue weighted by Gasteiger charge is 2.11. The van der Waals surface area contributed by atoms with Crippen LogP contribution < -0.4 is 15.4 Å². The van der Waals surface area contributed by atoms with Gasteiger partial charge in [0, 0.05) is 26.4 Å². The Kier molecular flexibility index (Phi) is 6.63. The third-order valence-corrected chi connectivity index (χ3v) is 5.20. The van der Waals surface area contributed by atoms with Gasteiger partial charge in [0.2, 0.25) is 0 Å². The van der Waals surface area contributed by atoms with E-state index in [9.17, 15) is 8.42 Å². The lowest BCUT2D eigenvalue weighted by molar-refractivity contribution is 0.414. The first kappa shape index (κ1) is 19.8. The summed E-state index contributed by atoms with van der Waals surface area (Å²) in [5, 5.41) is 6.47. The molecule has 2 aromatic carbocycles. The Bertz CT molecular complexity index is 875. The van der Waals surface area contributed by atoms with Crippen LogP contribution in [-0.4, -0.2) is 34.8 Å². The highest BCUT2D eigenvalue weighted by Crippen LogP contribution is 2.16. The first-order valence-corrected chi connectivity index (χ1v) is 10.1. The predicted octanol–water partition coefficient (Wildman–Crippen LogP) is 2.27. The lowest BCUT2D eigenvalue weighted by Gasteiger charge is -2.13. The fourth-order valence-electron chi connectivity index (χ4n) is 2.57. The van der Waals surface area contributed by atoms with Gasteiger partial charge in [0.25, 0.3) is 0 Å². The Labute approximate surface area is 155 Å². The number of methoxy groups -OCH3 is 1. The highest BCUT2D eigenvalue weighted by molar-refractivity contribution is 7.90. The summed E-state index contributed by atoms with van der Waals surface area (Å²) in [5.41, 5.74) is 2.84. The molecule has 0 unspecified atom stereocenters. The fraction of sp³-hybridized carbons (Fsp3) is 0.316. The molecular weight excluding hydrogens is 350 g/mol. The maximum Gasteiger partial charge on any atom is 0.191 e. The van der Waals surface area contributed by atoms with Crippen molar-refractivity contribution in [1.82, 2.24) is 10.6 Å². The van der Waals surface area contributed by atoms with E-state index in [1.165, 1.54) is 6.26 Å². The van der Waals surface area contributed by atoms with E-state index in [1.54, 1.807) is 27.1 Å². The zero-order valence-corrected chi connectivity index (χ0v) is 16.4. The van der Waals surface area contributed by atoms with Gasteiger partial charge in [-0.3, -0.25) is 4.99 Å². The van der Waals surface area contributed by atoms with E-state index in [2.05, 4.69) is 15.6 Å². The number of guanidine groups is 1. The van der Waals surface area contributed by atoms with Gasteiger partial charge in [-0.05, 0) is 41.8 Å². The van der Waals surface area contributed by atoms with Gasteiger partial charge >= 0.3 is 0 Å². The molecule has 0 saturated heterocycles. The van der Waals surface area contributed by atoms with Crippen LogP contribution in [0.25, 0.3) is 0 Å². The van der Waals surface area contributed by atoms with Crippen molar-refractivity contribution in [3.63, 3.8) is 0 Å². The quantitative estimate of drug-likeness (QED) is 0.598. The predicted molar refractivity (Wildman–Crippen MR) is 104 cm³/mol. The molecule has 6 nitrogen and oxygen atoms in total. The summed E-state index contributed by atoms with van der Waals surface area (Å²) in [7, 11) is 0.156. The maximum atomic E-state index is 11.7. The van der Waals surface area contributed by atoms with Gasteiger partial charge in [-0.15, -0.1) is 0 Å². The molecule has 0 fully saturated rings. The molecule has 0 atom stereocenters. The Morgan fingerprint density at radius 3 is 2.12 bits per heavy atom. The van der Waals surface area contributed by atoms with E-state index in [0.717, 1.165) is 22.4 Å². The molecule has 0 aliphatic heterocycles. The number of benzene rings is 2. The second kappa shape index (κ2) is 8.71. The number of sulfone groups is 1. The summed E-state index contributed by atoms with van der Waals surface area (Å²) in [6, 6.07) is 13.2. The number of aliphatic imine (C=N–C) groups is 1. The van der Waals surface area contributed by atoms with Crippen molar-refractivity contribution in [3.05, 3.63) is 59.2 Å². The molecule has 0 saturated carbocycles. The molecule has 0 bridgehead atoms. The normalized spacial score (nSPS) is 11.9. The maximum absolute atomic E-state index is 11.7. The van der Waals surface area contributed by atoms with Crippen LogP contribution in [0.3, 0.4) is 0 Å². The van der Waals surface area contributed by atoms with Gasteiger partial charge < -0.3 is 15.4 Å². The summed E-state index contributed by atoms with van der Waals surface area (Å²) >= 11 is 0.